The molecule has 1 heterocycles. The Morgan fingerprint density at radius 3 is 3.25 bits per heavy atom. The molecule has 0 spiro atoms. The second-order valence-corrected chi connectivity index (χ2v) is 5.30. The van der Waals surface area contributed by atoms with E-state index in [4.69, 9.17) is 4.74 Å². The second-order valence-electron chi connectivity index (χ2n) is 5.30. The first-order valence-corrected chi connectivity index (χ1v) is 6.96. The van der Waals surface area contributed by atoms with Gasteiger partial charge >= 0.3 is 5.97 Å². The van der Waals surface area contributed by atoms with E-state index in [1.54, 1.807) is 6.92 Å². The minimum absolute atomic E-state index is 0.0608. The molecular formula is C16H17NO3. The maximum Gasteiger partial charge on any atom is 0.320 e. The first kappa shape index (κ1) is 13.1. The molecule has 2 unspecified atom stereocenters. The van der Waals surface area contributed by atoms with E-state index in [0.29, 0.717) is 26.0 Å². The predicted octanol–water partition coefficient (Wildman–Crippen LogP) is 1.45. The molecule has 2 aliphatic carbocycles. The molecule has 0 radical (unpaired) electrons. The first-order chi connectivity index (χ1) is 9.69. The minimum Gasteiger partial charge on any atom is -0.465 e. The van der Waals surface area contributed by atoms with Crippen LogP contribution in [0.15, 0.2) is 41.2 Å². The van der Waals surface area contributed by atoms with Crippen molar-refractivity contribution < 1.29 is 14.3 Å². The molecule has 1 fully saturated rings. The van der Waals surface area contributed by atoms with Gasteiger partial charge in [0.15, 0.2) is 5.78 Å². The highest BCUT2D eigenvalue weighted by Crippen LogP contribution is 2.43. The van der Waals surface area contributed by atoms with Gasteiger partial charge in [-0.1, -0.05) is 12.2 Å². The van der Waals surface area contributed by atoms with Crippen LogP contribution in [0.3, 0.4) is 0 Å². The Kier molecular flexibility index (Phi) is 3.20. The van der Waals surface area contributed by atoms with E-state index >= 15 is 0 Å². The Morgan fingerprint density at radius 2 is 2.45 bits per heavy atom. The molecule has 1 aliphatic heterocycles. The maximum absolute atomic E-state index is 12.7. The third-order valence-corrected chi connectivity index (χ3v) is 4.20. The third-order valence-electron chi connectivity index (χ3n) is 4.20. The molecule has 1 saturated heterocycles. The zero-order valence-corrected chi connectivity index (χ0v) is 11.4. The summed E-state index contributed by atoms with van der Waals surface area (Å²) in [6.45, 7) is 2.71. The first-order valence-electron chi connectivity index (χ1n) is 6.96. The highest BCUT2D eigenvalue weighted by atomic mass is 16.5. The number of ketones is 1. The molecule has 0 amide bonds. The molecule has 0 aromatic carbocycles. The van der Waals surface area contributed by atoms with Gasteiger partial charge < -0.3 is 10.1 Å². The standard InChI is InChI=1S/C16H17NO3/c1-2-20-15(19)16-8-9-17-13(14(16)18)12-7-5-3-4-6-11(12)10-16/h3-4,6-7,13,17H,2,8-10H2,1H3. The molecular weight excluding hydrogens is 254 g/mol. The van der Waals surface area contributed by atoms with Crippen molar-refractivity contribution in [3.63, 3.8) is 0 Å². The largest absolute Gasteiger partial charge is 0.465 e. The average molecular weight is 271 g/mol. The Morgan fingerprint density at radius 1 is 1.60 bits per heavy atom. The molecule has 4 heteroatoms. The normalized spacial score (nSPS) is 31.1. The van der Waals surface area contributed by atoms with Gasteiger partial charge in [0.25, 0.3) is 0 Å². The van der Waals surface area contributed by atoms with Crippen molar-refractivity contribution in [3.05, 3.63) is 41.2 Å². The van der Waals surface area contributed by atoms with E-state index in [2.05, 4.69) is 11.0 Å². The molecule has 3 rings (SSSR count). The smallest absolute Gasteiger partial charge is 0.320 e. The molecule has 2 atom stereocenters. The number of rotatable bonds is 2. The summed E-state index contributed by atoms with van der Waals surface area (Å²) in [6, 6.07) is -0.416. The van der Waals surface area contributed by atoms with Crippen LogP contribution in [0.1, 0.15) is 19.8 Å². The third kappa shape index (κ3) is 1.80. The number of esters is 1. The minimum atomic E-state index is -1.01. The fourth-order valence-electron chi connectivity index (χ4n) is 3.19. The SMILES string of the molecule is CCOC(=O)C12CCNC(C1=O)C1=C(C=CC=C=C1)C2. The number of hydrogen-bond acceptors (Lipinski definition) is 4. The number of carbonyl (C=O) groups is 2. The summed E-state index contributed by atoms with van der Waals surface area (Å²) in [6.07, 6.45) is 8.44. The van der Waals surface area contributed by atoms with Gasteiger partial charge in [0.1, 0.15) is 5.41 Å². The zero-order chi connectivity index (χ0) is 14.2. The lowest BCUT2D eigenvalue weighted by Crippen LogP contribution is -2.59. The van der Waals surface area contributed by atoms with E-state index in [0.717, 1.165) is 11.1 Å². The number of hydrogen-bond donors (Lipinski definition) is 1. The van der Waals surface area contributed by atoms with Crippen molar-refractivity contribution in [2.45, 2.75) is 25.8 Å². The topological polar surface area (TPSA) is 55.4 Å². The van der Waals surface area contributed by atoms with E-state index < -0.39 is 11.5 Å². The lowest BCUT2D eigenvalue weighted by Gasteiger charge is -2.42. The molecule has 20 heavy (non-hydrogen) atoms. The summed E-state index contributed by atoms with van der Waals surface area (Å²) in [5.74, 6) is -0.438. The molecule has 0 aromatic rings. The highest BCUT2D eigenvalue weighted by molar-refractivity contribution is 6.10. The number of ether oxygens (including phenoxy) is 1. The van der Waals surface area contributed by atoms with Gasteiger partial charge in [-0.3, -0.25) is 9.59 Å². The predicted molar refractivity (Wildman–Crippen MR) is 73.9 cm³/mol. The number of allylic oxidation sites excluding steroid dienone is 3. The summed E-state index contributed by atoms with van der Waals surface area (Å²) in [7, 11) is 0. The Hall–Kier alpha value is -1.90. The highest BCUT2D eigenvalue weighted by Gasteiger charge is 2.55. The average Bonchev–Trinajstić information content (AvgIpc) is 2.65. The van der Waals surface area contributed by atoms with Gasteiger partial charge in [0.2, 0.25) is 0 Å². The summed E-state index contributed by atoms with van der Waals surface area (Å²) in [4.78, 5) is 25.1. The number of carbonyl (C=O) groups excluding carboxylic acids is 2. The van der Waals surface area contributed by atoms with Crippen molar-refractivity contribution in [1.82, 2.24) is 5.32 Å². The monoisotopic (exact) mass is 271 g/mol. The van der Waals surface area contributed by atoms with Crippen molar-refractivity contribution in [3.8, 4) is 0 Å². The van der Waals surface area contributed by atoms with Gasteiger partial charge in [-0.15, -0.1) is 5.73 Å². The number of piperidine rings is 1. The van der Waals surface area contributed by atoms with Crippen LogP contribution in [-0.2, 0) is 14.3 Å². The van der Waals surface area contributed by atoms with Gasteiger partial charge in [-0.2, -0.15) is 0 Å². The zero-order valence-electron chi connectivity index (χ0n) is 11.4. The van der Waals surface area contributed by atoms with Crippen LogP contribution < -0.4 is 5.32 Å². The second kappa shape index (κ2) is 4.89. The van der Waals surface area contributed by atoms with Gasteiger partial charge in [0, 0.05) is 0 Å². The number of nitrogens with one attached hydrogen (secondary N) is 1. The molecule has 0 aromatic heterocycles. The lowest BCUT2D eigenvalue weighted by atomic mass is 9.64. The molecule has 0 saturated carbocycles. The van der Waals surface area contributed by atoms with Crippen LogP contribution in [0, 0.1) is 5.41 Å². The van der Waals surface area contributed by atoms with Crippen LogP contribution in [-0.4, -0.2) is 30.9 Å². The summed E-state index contributed by atoms with van der Waals surface area (Å²) in [5.41, 5.74) is 3.98. The fourth-order valence-corrected chi connectivity index (χ4v) is 3.19. The van der Waals surface area contributed by atoms with Crippen LogP contribution in [0.4, 0.5) is 0 Å². The van der Waals surface area contributed by atoms with Gasteiger partial charge in [-0.25, -0.2) is 0 Å². The molecule has 4 nitrogen and oxygen atoms in total. The molecule has 104 valence electrons. The van der Waals surface area contributed by atoms with Gasteiger partial charge in [-0.05, 0) is 49.6 Å². The van der Waals surface area contributed by atoms with Crippen molar-refractivity contribution in [1.29, 1.82) is 0 Å². The quantitative estimate of drug-likeness (QED) is 0.469. The van der Waals surface area contributed by atoms with Gasteiger partial charge in [0.05, 0.1) is 12.6 Å². The Labute approximate surface area is 117 Å². The fraction of sp³-hybridized carbons (Fsp3) is 0.438. The van der Waals surface area contributed by atoms with Crippen LogP contribution in [0.5, 0.6) is 0 Å². The summed E-state index contributed by atoms with van der Waals surface area (Å²) >= 11 is 0. The maximum atomic E-state index is 12.7. The van der Waals surface area contributed by atoms with E-state index in [9.17, 15) is 9.59 Å². The van der Waals surface area contributed by atoms with E-state index in [1.165, 1.54) is 0 Å². The summed E-state index contributed by atoms with van der Waals surface area (Å²) in [5, 5.41) is 3.21. The lowest BCUT2D eigenvalue weighted by molar-refractivity contribution is -0.163. The molecule has 1 N–H and O–H groups in total. The number of Topliss-reactive ketones (excluding diaryl/α,β-unsaturated/α-hetero) is 1. The van der Waals surface area contributed by atoms with Crippen molar-refractivity contribution in [2.24, 2.45) is 5.41 Å². The van der Waals surface area contributed by atoms with E-state index in [-0.39, 0.29) is 11.8 Å². The Balaban J connectivity index is 2.07. The van der Waals surface area contributed by atoms with E-state index in [1.807, 2.05) is 24.3 Å². The Bertz CT molecular complexity index is 593. The van der Waals surface area contributed by atoms with Crippen molar-refractivity contribution >= 4 is 11.8 Å². The molecule has 2 bridgehead atoms. The summed E-state index contributed by atoms with van der Waals surface area (Å²) < 4.78 is 5.17. The number of fused-ring (bicyclic) bond motifs is 3. The van der Waals surface area contributed by atoms with Crippen molar-refractivity contribution in [2.75, 3.05) is 13.2 Å². The van der Waals surface area contributed by atoms with Crippen LogP contribution in [0.25, 0.3) is 0 Å². The van der Waals surface area contributed by atoms with Crippen LogP contribution in [0.2, 0.25) is 0 Å². The van der Waals surface area contributed by atoms with Crippen LogP contribution >= 0.6 is 0 Å². The molecule has 3 aliphatic rings.